The van der Waals surface area contributed by atoms with Crippen LogP contribution in [0, 0.1) is 11.3 Å². The molecule has 0 aliphatic rings. The summed E-state index contributed by atoms with van der Waals surface area (Å²) < 4.78 is 10.8. The predicted molar refractivity (Wildman–Crippen MR) is 82.9 cm³/mol. The van der Waals surface area contributed by atoms with Crippen molar-refractivity contribution in [2.45, 2.75) is 6.92 Å². The predicted octanol–water partition coefficient (Wildman–Crippen LogP) is 2.97. The third-order valence-electron chi connectivity index (χ3n) is 2.81. The van der Waals surface area contributed by atoms with Crippen molar-refractivity contribution in [3.05, 3.63) is 54.1 Å². The van der Waals surface area contributed by atoms with E-state index in [9.17, 15) is 4.79 Å². The van der Waals surface area contributed by atoms with Crippen LogP contribution in [0.15, 0.2) is 48.5 Å². The second kappa shape index (κ2) is 7.70. The van der Waals surface area contributed by atoms with Crippen LogP contribution in [0.25, 0.3) is 0 Å². The Labute approximate surface area is 129 Å². The summed E-state index contributed by atoms with van der Waals surface area (Å²) in [6.07, 6.45) is 0. The van der Waals surface area contributed by atoms with Crippen LogP contribution in [0.5, 0.6) is 11.5 Å². The van der Waals surface area contributed by atoms with Crippen molar-refractivity contribution in [3.8, 4) is 17.6 Å². The van der Waals surface area contributed by atoms with E-state index >= 15 is 0 Å². The van der Waals surface area contributed by atoms with Crippen molar-refractivity contribution in [3.63, 3.8) is 0 Å². The van der Waals surface area contributed by atoms with Gasteiger partial charge in [-0.3, -0.25) is 4.79 Å². The zero-order valence-electron chi connectivity index (χ0n) is 12.2. The van der Waals surface area contributed by atoms with Gasteiger partial charge in [0.15, 0.2) is 6.61 Å². The number of hydrogen-bond acceptors (Lipinski definition) is 4. The van der Waals surface area contributed by atoms with Crippen molar-refractivity contribution in [1.29, 1.82) is 5.26 Å². The minimum atomic E-state index is -0.281. The first-order valence-corrected chi connectivity index (χ1v) is 6.87. The van der Waals surface area contributed by atoms with E-state index in [0.717, 1.165) is 0 Å². The van der Waals surface area contributed by atoms with Crippen LogP contribution in [0.2, 0.25) is 0 Å². The fourth-order valence-corrected chi connectivity index (χ4v) is 1.81. The lowest BCUT2D eigenvalue weighted by Crippen LogP contribution is -2.20. The van der Waals surface area contributed by atoms with Crippen LogP contribution >= 0.6 is 0 Å². The van der Waals surface area contributed by atoms with E-state index in [-0.39, 0.29) is 12.5 Å². The molecule has 0 bridgehead atoms. The molecule has 0 radical (unpaired) electrons. The number of nitriles is 1. The first kappa shape index (κ1) is 15.4. The average Bonchev–Trinajstić information content (AvgIpc) is 2.55. The molecular formula is C17H16N2O3. The van der Waals surface area contributed by atoms with Gasteiger partial charge in [-0.1, -0.05) is 12.1 Å². The molecule has 22 heavy (non-hydrogen) atoms. The van der Waals surface area contributed by atoms with Gasteiger partial charge < -0.3 is 14.8 Å². The number of ether oxygens (including phenoxy) is 2. The van der Waals surface area contributed by atoms with Gasteiger partial charge in [-0.2, -0.15) is 5.26 Å². The van der Waals surface area contributed by atoms with Crippen molar-refractivity contribution >= 4 is 11.6 Å². The standard InChI is InChI=1S/C17H16N2O3/c1-2-21-16-6-4-3-5-15(16)19-17(20)12-22-14-9-7-13(11-18)8-10-14/h3-10H,2,12H2,1H3,(H,19,20). The molecule has 5 nitrogen and oxygen atoms in total. The van der Waals surface area contributed by atoms with Crippen LogP contribution in [0.1, 0.15) is 12.5 Å². The van der Waals surface area contributed by atoms with E-state index in [1.807, 2.05) is 25.1 Å². The highest BCUT2D eigenvalue weighted by Crippen LogP contribution is 2.23. The maximum atomic E-state index is 11.9. The van der Waals surface area contributed by atoms with Crippen LogP contribution in [-0.2, 0) is 4.79 Å². The molecular weight excluding hydrogens is 280 g/mol. The Hall–Kier alpha value is -3.00. The molecule has 0 saturated heterocycles. The summed E-state index contributed by atoms with van der Waals surface area (Å²) in [5.74, 6) is 0.875. The van der Waals surface area contributed by atoms with Gasteiger partial charge in [-0.25, -0.2) is 0 Å². The number of para-hydroxylation sites is 2. The van der Waals surface area contributed by atoms with Crippen molar-refractivity contribution in [2.75, 3.05) is 18.5 Å². The molecule has 112 valence electrons. The van der Waals surface area contributed by atoms with Gasteiger partial charge in [-0.05, 0) is 43.3 Å². The lowest BCUT2D eigenvalue weighted by atomic mass is 10.2. The molecule has 0 aliphatic carbocycles. The molecule has 0 aliphatic heterocycles. The Morgan fingerprint density at radius 2 is 1.86 bits per heavy atom. The third kappa shape index (κ3) is 4.25. The van der Waals surface area contributed by atoms with E-state index in [4.69, 9.17) is 14.7 Å². The van der Waals surface area contributed by atoms with Gasteiger partial charge in [0, 0.05) is 0 Å². The fraction of sp³-hybridized carbons (Fsp3) is 0.176. The maximum Gasteiger partial charge on any atom is 0.262 e. The highest BCUT2D eigenvalue weighted by molar-refractivity contribution is 5.93. The number of hydrogen-bond donors (Lipinski definition) is 1. The molecule has 1 N–H and O–H groups in total. The highest BCUT2D eigenvalue weighted by atomic mass is 16.5. The summed E-state index contributed by atoms with van der Waals surface area (Å²) in [6.45, 7) is 2.29. The number of rotatable bonds is 6. The van der Waals surface area contributed by atoms with E-state index < -0.39 is 0 Å². The Morgan fingerprint density at radius 3 is 2.55 bits per heavy atom. The topological polar surface area (TPSA) is 71.3 Å². The van der Waals surface area contributed by atoms with Crippen LogP contribution in [-0.4, -0.2) is 19.1 Å². The largest absolute Gasteiger partial charge is 0.492 e. The van der Waals surface area contributed by atoms with Crippen LogP contribution < -0.4 is 14.8 Å². The van der Waals surface area contributed by atoms with Crippen molar-refractivity contribution < 1.29 is 14.3 Å². The summed E-state index contributed by atoms with van der Waals surface area (Å²) in [6, 6.07) is 15.8. The van der Waals surface area contributed by atoms with Crippen molar-refractivity contribution in [2.24, 2.45) is 0 Å². The Bertz CT molecular complexity index is 675. The molecule has 2 rings (SSSR count). The number of benzene rings is 2. The van der Waals surface area contributed by atoms with E-state index in [1.165, 1.54) is 0 Å². The van der Waals surface area contributed by atoms with E-state index in [2.05, 4.69) is 5.32 Å². The fourth-order valence-electron chi connectivity index (χ4n) is 1.81. The average molecular weight is 296 g/mol. The first-order chi connectivity index (χ1) is 10.7. The molecule has 0 atom stereocenters. The van der Waals surface area contributed by atoms with Crippen LogP contribution in [0.4, 0.5) is 5.69 Å². The summed E-state index contributed by atoms with van der Waals surface area (Å²) in [4.78, 5) is 11.9. The Balaban J connectivity index is 1.91. The first-order valence-electron chi connectivity index (χ1n) is 6.87. The second-order valence-electron chi connectivity index (χ2n) is 4.40. The van der Waals surface area contributed by atoms with E-state index in [1.54, 1.807) is 36.4 Å². The Morgan fingerprint density at radius 1 is 1.14 bits per heavy atom. The van der Waals surface area contributed by atoms with Gasteiger partial charge in [0.1, 0.15) is 11.5 Å². The summed E-state index contributed by atoms with van der Waals surface area (Å²) in [5, 5.41) is 11.5. The summed E-state index contributed by atoms with van der Waals surface area (Å²) >= 11 is 0. The van der Waals surface area contributed by atoms with E-state index in [0.29, 0.717) is 29.4 Å². The van der Waals surface area contributed by atoms with Gasteiger partial charge in [0.2, 0.25) is 0 Å². The van der Waals surface area contributed by atoms with Gasteiger partial charge in [0.05, 0.1) is 23.9 Å². The number of amides is 1. The normalized spacial score (nSPS) is 9.64. The van der Waals surface area contributed by atoms with Gasteiger partial charge in [-0.15, -0.1) is 0 Å². The van der Waals surface area contributed by atoms with Crippen LogP contribution in [0.3, 0.4) is 0 Å². The number of nitrogens with zero attached hydrogens (tertiary/aromatic N) is 1. The molecule has 5 heteroatoms. The minimum Gasteiger partial charge on any atom is -0.492 e. The monoisotopic (exact) mass is 296 g/mol. The molecule has 0 saturated carbocycles. The van der Waals surface area contributed by atoms with Gasteiger partial charge >= 0.3 is 0 Å². The molecule has 0 aromatic heterocycles. The summed E-state index contributed by atoms with van der Waals surface area (Å²) in [7, 11) is 0. The number of nitrogens with one attached hydrogen (secondary N) is 1. The summed E-state index contributed by atoms with van der Waals surface area (Å²) in [5.41, 5.74) is 1.15. The quantitative estimate of drug-likeness (QED) is 0.889. The minimum absolute atomic E-state index is 0.119. The molecule has 0 spiro atoms. The smallest absolute Gasteiger partial charge is 0.262 e. The molecule has 1 amide bonds. The molecule has 0 fully saturated rings. The molecule has 2 aromatic rings. The molecule has 0 unspecified atom stereocenters. The zero-order chi connectivity index (χ0) is 15.8. The second-order valence-corrected chi connectivity index (χ2v) is 4.40. The third-order valence-corrected chi connectivity index (χ3v) is 2.81. The Kier molecular flexibility index (Phi) is 5.38. The lowest BCUT2D eigenvalue weighted by molar-refractivity contribution is -0.118. The SMILES string of the molecule is CCOc1ccccc1NC(=O)COc1ccc(C#N)cc1. The number of carbonyl (C=O) groups is 1. The molecule has 2 aromatic carbocycles. The van der Waals surface area contributed by atoms with Crippen molar-refractivity contribution in [1.82, 2.24) is 0 Å². The lowest BCUT2D eigenvalue weighted by Gasteiger charge is -2.11. The highest BCUT2D eigenvalue weighted by Gasteiger charge is 2.08. The van der Waals surface area contributed by atoms with Gasteiger partial charge in [0.25, 0.3) is 5.91 Å². The zero-order valence-corrected chi connectivity index (χ0v) is 12.2. The number of carbonyl (C=O) groups excluding carboxylic acids is 1. The molecule has 0 heterocycles. The number of anilines is 1. The maximum absolute atomic E-state index is 11.9.